The van der Waals surface area contributed by atoms with E-state index < -0.39 is 0 Å². The number of carbonyl (C=O) groups is 2. The molecule has 1 aliphatic heterocycles. The maximum absolute atomic E-state index is 13.2. The second kappa shape index (κ2) is 13.1. The van der Waals surface area contributed by atoms with Crippen LogP contribution < -0.4 is 5.32 Å². The predicted octanol–water partition coefficient (Wildman–Crippen LogP) is 6.29. The Bertz CT molecular complexity index is 1050. The summed E-state index contributed by atoms with van der Waals surface area (Å²) in [5, 5.41) is 4.47. The number of rotatable bonds is 10. The first-order valence-electron chi connectivity index (χ1n) is 13.7. The normalized spacial score (nSPS) is 18.6. The maximum atomic E-state index is 13.2. The Labute approximate surface area is 231 Å². The van der Waals surface area contributed by atoms with Crippen LogP contribution in [0.15, 0.2) is 48.5 Å². The molecule has 200 valence electrons. The van der Waals surface area contributed by atoms with Crippen LogP contribution in [-0.4, -0.2) is 53.3 Å². The van der Waals surface area contributed by atoms with Gasteiger partial charge in [0, 0.05) is 47.7 Å². The van der Waals surface area contributed by atoms with E-state index in [1.54, 1.807) is 12.1 Å². The molecule has 1 saturated heterocycles. The van der Waals surface area contributed by atoms with Crippen molar-refractivity contribution in [2.45, 2.75) is 76.9 Å². The lowest BCUT2D eigenvalue weighted by molar-refractivity contribution is -0.133. The Kier molecular flexibility index (Phi) is 9.91. The quantitative estimate of drug-likeness (QED) is 0.383. The van der Waals surface area contributed by atoms with Crippen LogP contribution >= 0.6 is 23.2 Å². The molecular formula is C30H39Cl2N3O2. The van der Waals surface area contributed by atoms with Gasteiger partial charge in [0.15, 0.2) is 0 Å². The summed E-state index contributed by atoms with van der Waals surface area (Å²) in [5.74, 6) is 0.488. The fraction of sp³-hybridized carbons (Fsp3) is 0.533. The van der Waals surface area contributed by atoms with Gasteiger partial charge in [-0.05, 0) is 69.2 Å². The molecule has 2 atom stereocenters. The number of likely N-dealkylation sites (tertiary alicyclic amines) is 1. The van der Waals surface area contributed by atoms with E-state index in [0.29, 0.717) is 29.1 Å². The molecule has 2 fully saturated rings. The number of benzene rings is 2. The number of likely N-dealkylation sites (N-methyl/N-ethyl adjacent to an activating group) is 1. The van der Waals surface area contributed by atoms with Gasteiger partial charge in [0.05, 0.1) is 12.5 Å². The summed E-state index contributed by atoms with van der Waals surface area (Å²) in [6.07, 6.45) is 6.23. The highest BCUT2D eigenvalue weighted by molar-refractivity contribution is 6.35. The molecule has 2 aromatic carbocycles. The Morgan fingerprint density at radius 2 is 1.76 bits per heavy atom. The van der Waals surface area contributed by atoms with E-state index in [1.165, 1.54) is 5.56 Å². The van der Waals surface area contributed by atoms with Crippen LogP contribution in [0.5, 0.6) is 0 Å². The molecule has 0 radical (unpaired) electrons. The summed E-state index contributed by atoms with van der Waals surface area (Å²) in [4.78, 5) is 30.5. The highest BCUT2D eigenvalue weighted by Crippen LogP contribution is 2.30. The first-order chi connectivity index (χ1) is 17.9. The minimum absolute atomic E-state index is 0.0138. The molecule has 37 heavy (non-hydrogen) atoms. The van der Waals surface area contributed by atoms with Crippen molar-refractivity contribution in [1.29, 1.82) is 0 Å². The van der Waals surface area contributed by atoms with Gasteiger partial charge >= 0.3 is 0 Å². The highest BCUT2D eigenvalue weighted by atomic mass is 35.5. The number of amides is 2. The zero-order chi connectivity index (χ0) is 26.4. The van der Waals surface area contributed by atoms with Gasteiger partial charge in [-0.15, -0.1) is 0 Å². The monoisotopic (exact) mass is 543 g/mol. The zero-order valence-corrected chi connectivity index (χ0v) is 23.5. The van der Waals surface area contributed by atoms with E-state index in [-0.39, 0.29) is 29.8 Å². The van der Waals surface area contributed by atoms with E-state index in [9.17, 15) is 9.59 Å². The average molecular weight is 545 g/mol. The predicted molar refractivity (Wildman–Crippen MR) is 151 cm³/mol. The summed E-state index contributed by atoms with van der Waals surface area (Å²) in [6, 6.07) is 16.2. The van der Waals surface area contributed by atoms with Crippen LogP contribution in [0.4, 0.5) is 0 Å². The summed E-state index contributed by atoms with van der Waals surface area (Å²) in [7, 11) is 0. The van der Waals surface area contributed by atoms with E-state index in [0.717, 1.165) is 57.2 Å². The van der Waals surface area contributed by atoms with Gasteiger partial charge in [0.25, 0.3) is 0 Å². The van der Waals surface area contributed by atoms with Gasteiger partial charge < -0.3 is 15.1 Å². The molecule has 0 aromatic heterocycles. The molecule has 2 aromatic rings. The smallest absolute Gasteiger partial charge is 0.227 e. The van der Waals surface area contributed by atoms with Crippen molar-refractivity contribution in [2.75, 3.05) is 19.6 Å². The molecular weight excluding hydrogens is 505 g/mol. The van der Waals surface area contributed by atoms with Crippen LogP contribution in [-0.2, 0) is 16.0 Å². The Balaban J connectivity index is 1.33. The Morgan fingerprint density at radius 3 is 2.35 bits per heavy atom. The molecule has 2 amide bonds. The van der Waals surface area contributed by atoms with Crippen LogP contribution in [0.3, 0.4) is 0 Å². The fourth-order valence-corrected chi connectivity index (χ4v) is 6.10. The molecule has 0 spiro atoms. The fourth-order valence-electron chi connectivity index (χ4n) is 5.62. The number of halogens is 2. The SMILES string of the molecule is CCN(C(=O)Cc1ccc(Cl)cc1Cl)C1CCN(C(C)C[C@H](NC(=O)C2CCC2)c2ccccc2)CC1. The van der Waals surface area contributed by atoms with E-state index in [1.807, 2.05) is 36.1 Å². The topological polar surface area (TPSA) is 52.7 Å². The van der Waals surface area contributed by atoms with E-state index in [2.05, 4.69) is 29.3 Å². The third-order valence-corrected chi connectivity index (χ3v) is 8.74. The van der Waals surface area contributed by atoms with Crippen LogP contribution in [0.1, 0.15) is 69.5 Å². The first kappa shape index (κ1) is 27.9. The second-order valence-corrected chi connectivity index (χ2v) is 11.4. The lowest BCUT2D eigenvalue weighted by Crippen LogP contribution is -2.50. The van der Waals surface area contributed by atoms with Gasteiger partial charge in [0.2, 0.25) is 11.8 Å². The zero-order valence-electron chi connectivity index (χ0n) is 22.0. The van der Waals surface area contributed by atoms with Crippen molar-refractivity contribution in [2.24, 2.45) is 5.92 Å². The molecule has 4 rings (SSSR count). The van der Waals surface area contributed by atoms with Gasteiger partial charge in [0.1, 0.15) is 0 Å². The van der Waals surface area contributed by atoms with Gasteiger partial charge in [-0.3, -0.25) is 9.59 Å². The molecule has 7 heteroatoms. The molecule has 1 unspecified atom stereocenters. The molecule has 5 nitrogen and oxygen atoms in total. The summed E-state index contributed by atoms with van der Waals surface area (Å²) in [6.45, 7) is 6.88. The number of carbonyl (C=O) groups excluding carboxylic acids is 2. The Hall–Kier alpha value is -2.08. The largest absolute Gasteiger partial charge is 0.349 e. The summed E-state index contributed by atoms with van der Waals surface area (Å²) < 4.78 is 0. The Morgan fingerprint density at radius 1 is 1.05 bits per heavy atom. The molecule has 0 bridgehead atoms. The van der Waals surface area contributed by atoms with Crippen molar-refractivity contribution >= 4 is 35.0 Å². The van der Waals surface area contributed by atoms with Crippen molar-refractivity contribution in [3.8, 4) is 0 Å². The molecule has 1 aliphatic carbocycles. The van der Waals surface area contributed by atoms with Crippen LogP contribution in [0.2, 0.25) is 10.0 Å². The van der Waals surface area contributed by atoms with Gasteiger partial charge in [-0.2, -0.15) is 0 Å². The minimum Gasteiger partial charge on any atom is -0.349 e. The summed E-state index contributed by atoms with van der Waals surface area (Å²) >= 11 is 12.3. The highest BCUT2D eigenvalue weighted by Gasteiger charge is 2.32. The summed E-state index contributed by atoms with van der Waals surface area (Å²) in [5.41, 5.74) is 1.98. The molecule has 2 aliphatic rings. The molecule has 1 heterocycles. The molecule has 1 N–H and O–H groups in total. The van der Waals surface area contributed by atoms with Crippen molar-refractivity contribution in [3.63, 3.8) is 0 Å². The second-order valence-electron chi connectivity index (χ2n) is 10.5. The van der Waals surface area contributed by atoms with Gasteiger partial charge in [-0.1, -0.05) is 66.0 Å². The van der Waals surface area contributed by atoms with Crippen LogP contribution in [0.25, 0.3) is 0 Å². The number of nitrogens with one attached hydrogen (secondary N) is 1. The maximum Gasteiger partial charge on any atom is 0.227 e. The van der Waals surface area contributed by atoms with Crippen molar-refractivity contribution < 1.29 is 9.59 Å². The third-order valence-electron chi connectivity index (χ3n) is 8.15. The van der Waals surface area contributed by atoms with Gasteiger partial charge in [-0.25, -0.2) is 0 Å². The van der Waals surface area contributed by atoms with Crippen LogP contribution in [0, 0.1) is 5.92 Å². The van der Waals surface area contributed by atoms with Crippen molar-refractivity contribution in [1.82, 2.24) is 15.1 Å². The standard InChI is InChI=1S/C30H39Cl2N3O2/c1-3-35(29(36)19-24-12-13-25(31)20-27(24)32)26-14-16-34(17-15-26)21(2)18-28(22-8-5-4-6-9-22)33-30(37)23-10-7-11-23/h4-6,8-9,12-13,20-21,23,26,28H,3,7,10-11,14-19H2,1-2H3,(H,33,37)/t21?,28-/m0/s1. The molecule has 1 saturated carbocycles. The minimum atomic E-state index is 0.0138. The van der Waals surface area contributed by atoms with Crippen molar-refractivity contribution in [3.05, 3.63) is 69.7 Å². The lowest BCUT2D eigenvalue weighted by Gasteiger charge is -2.41. The number of nitrogens with zero attached hydrogens (tertiary/aromatic N) is 2. The van der Waals surface area contributed by atoms with E-state index >= 15 is 0 Å². The lowest BCUT2D eigenvalue weighted by atomic mass is 9.84. The average Bonchev–Trinajstić information content (AvgIpc) is 2.85. The number of hydrogen-bond donors (Lipinski definition) is 1. The van der Waals surface area contributed by atoms with E-state index in [4.69, 9.17) is 23.2 Å². The third kappa shape index (κ3) is 7.28. The first-order valence-corrected chi connectivity index (χ1v) is 14.4. The number of piperidine rings is 1. The number of hydrogen-bond acceptors (Lipinski definition) is 3.